The zero-order valence-corrected chi connectivity index (χ0v) is 12.4. The van der Waals surface area contributed by atoms with Crippen LogP contribution < -0.4 is 5.73 Å². The maximum absolute atomic E-state index is 6.27. The summed E-state index contributed by atoms with van der Waals surface area (Å²) in [6.45, 7) is 5.87. The number of aromatic nitrogens is 2. The van der Waals surface area contributed by atoms with Gasteiger partial charge in [0, 0.05) is 20.3 Å². The van der Waals surface area contributed by atoms with Gasteiger partial charge in [-0.25, -0.2) is 4.98 Å². The largest absolute Gasteiger partial charge is 0.385 e. The summed E-state index contributed by atoms with van der Waals surface area (Å²) in [5, 5.41) is 0.684. The smallest absolute Gasteiger partial charge is 0.201 e. The molecule has 19 heavy (non-hydrogen) atoms. The van der Waals surface area contributed by atoms with Gasteiger partial charge >= 0.3 is 0 Å². The van der Waals surface area contributed by atoms with E-state index in [0.717, 1.165) is 30.6 Å². The van der Waals surface area contributed by atoms with E-state index in [1.54, 1.807) is 7.11 Å². The average Bonchev–Trinajstić information content (AvgIpc) is 2.64. The van der Waals surface area contributed by atoms with Gasteiger partial charge in [0.2, 0.25) is 5.95 Å². The van der Waals surface area contributed by atoms with Crippen molar-refractivity contribution in [2.75, 3.05) is 19.5 Å². The molecule has 1 aromatic carbocycles. The number of anilines is 1. The van der Waals surface area contributed by atoms with E-state index in [1.165, 1.54) is 0 Å². The van der Waals surface area contributed by atoms with Crippen LogP contribution in [-0.2, 0) is 11.3 Å². The number of imidazole rings is 1. The Hall–Kier alpha value is -1.26. The first kappa shape index (κ1) is 14.2. The van der Waals surface area contributed by atoms with Crippen LogP contribution in [0.2, 0.25) is 5.02 Å². The molecule has 0 saturated heterocycles. The Balaban J connectivity index is 2.37. The number of hydrogen-bond donors (Lipinski definition) is 1. The SMILES string of the molecule is COCCC(C)(C)Cn1c(N)nc2cccc(Cl)c21. The number of fused-ring (bicyclic) bond motifs is 1. The minimum Gasteiger partial charge on any atom is -0.385 e. The third-order valence-corrected chi connectivity index (χ3v) is 3.62. The minimum absolute atomic E-state index is 0.0664. The Morgan fingerprint density at radius 2 is 2.16 bits per heavy atom. The highest BCUT2D eigenvalue weighted by atomic mass is 35.5. The molecule has 0 saturated carbocycles. The Morgan fingerprint density at radius 1 is 1.42 bits per heavy atom. The average molecular weight is 282 g/mol. The molecule has 1 aromatic heterocycles. The summed E-state index contributed by atoms with van der Waals surface area (Å²) in [6, 6.07) is 5.68. The third-order valence-electron chi connectivity index (χ3n) is 3.32. The van der Waals surface area contributed by atoms with Crippen molar-refractivity contribution in [2.24, 2.45) is 5.41 Å². The third kappa shape index (κ3) is 3.01. The lowest BCUT2D eigenvalue weighted by molar-refractivity contribution is 0.143. The molecule has 0 aliphatic rings. The van der Waals surface area contributed by atoms with E-state index in [1.807, 2.05) is 22.8 Å². The van der Waals surface area contributed by atoms with Crippen LogP contribution in [-0.4, -0.2) is 23.3 Å². The van der Waals surface area contributed by atoms with Gasteiger partial charge in [-0.3, -0.25) is 0 Å². The molecule has 104 valence electrons. The van der Waals surface area contributed by atoms with Crippen LogP contribution in [0.4, 0.5) is 5.95 Å². The van der Waals surface area contributed by atoms with Crippen LogP contribution in [0.3, 0.4) is 0 Å². The molecule has 0 fully saturated rings. The zero-order chi connectivity index (χ0) is 14.0. The number of nitrogens with two attached hydrogens (primary N) is 1. The van der Waals surface area contributed by atoms with Crippen molar-refractivity contribution in [3.8, 4) is 0 Å². The van der Waals surface area contributed by atoms with Crippen molar-refractivity contribution < 1.29 is 4.74 Å². The predicted octanol–water partition coefficient (Wildman–Crippen LogP) is 3.33. The molecule has 5 heteroatoms. The molecular weight excluding hydrogens is 262 g/mol. The van der Waals surface area contributed by atoms with Crippen molar-refractivity contribution in [1.29, 1.82) is 0 Å². The summed E-state index contributed by atoms with van der Waals surface area (Å²) >= 11 is 6.27. The number of nitrogen functional groups attached to an aromatic ring is 1. The lowest BCUT2D eigenvalue weighted by Gasteiger charge is -2.25. The Bertz CT molecular complexity index is 577. The second kappa shape index (κ2) is 5.39. The molecule has 0 spiro atoms. The molecule has 0 atom stereocenters. The Kier molecular flexibility index (Phi) is 4.02. The van der Waals surface area contributed by atoms with E-state index in [-0.39, 0.29) is 5.41 Å². The van der Waals surface area contributed by atoms with Crippen LogP contribution in [0, 0.1) is 5.41 Å². The monoisotopic (exact) mass is 281 g/mol. The Labute approximate surface area is 118 Å². The maximum atomic E-state index is 6.27. The van der Waals surface area contributed by atoms with Gasteiger partial charge < -0.3 is 15.0 Å². The minimum atomic E-state index is 0.0664. The normalized spacial score (nSPS) is 12.2. The van der Waals surface area contributed by atoms with Gasteiger partial charge in [-0.05, 0) is 24.0 Å². The van der Waals surface area contributed by atoms with E-state index in [0.29, 0.717) is 11.0 Å². The van der Waals surface area contributed by atoms with Gasteiger partial charge in [0.05, 0.1) is 16.1 Å². The van der Waals surface area contributed by atoms with Crippen LogP contribution in [0.15, 0.2) is 18.2 Å². The van der Waals surface area contributed by atoms with E-state index >= 15 is 0 Å². The van der Waals surface area contributed by atoms with Crippen molar-refractivity contribution in [2.45, 2.75) is 26.8 Å². The number of methoxy groups -OCH3 is 1. The first-order chi connectivity index (χ1) is 8.94. The number of hydrogen-bond acceptors (Lipinski definition) is 3. The fourth-order valence-electron chi connectivity index (χ4n) is 2.21. The maximum Gasteiger partial charge on any atom is 0.201 e. The molecule has 2 N–H and O–H groups in total. The Morgan fingerprint density at radius 3 is 2.84 bits per heavy atom. The van der Waals surface area contributed by atoms with Crippen molar-refractivity contribution in [1.82, 2.24) is 9.55 Å². The van der Waals surface area contributed by atoms with Crippen LogP contribution in [0.5, 0.6) is 0 Å². The second-order valence-electron chi connectivity index (χ2n) is 5.57. The number of rotatable bonds is 5. The van der Waals surface area contributed by atoms with Gasteiger partial charge in [-0.1, -0.05) is 31.5 Å². The molecule has 4 nitrogen and oxygen atoms in total. The summed E-state index contributed by atoms with van der Waals surface area (Å²) < 4.78 is 7.15. The summed E-state index contributed by atoms with van der Waals surface area (Å²) in [4.78, 5) is 4.36. The molecule has 0 aliphatic heterocycles. The van der Waals surface area contributed by atoms with Gasteiger partial charge in [0.15, 0.2) is 0 Å². The highest BCUT2D eigenvalue weighted by Gasteiger charge is 2.22. The van der Waals surface area contributed by atoms with Crippen LogP contribution in [0.25, 0.3) is 11.0 Å². The summed E-state index contributed by atoms with van der Waals surface area (Å²) in [6.07, 6.45) is 0.951. The molecule has 0 bridgehead atoms. The highest BCUT2D eigenvalue weighted by molar-refractivity contribution is 6.35. The van der Waals surface area contributed by atoms with E-state index in [4.69, 9.17) is 22.1 Å². The number of benzene rings is 1. The summed E-state index contributed by atoms with van der Waals surface area (Å²) in [5.41, 5.74) is 7.84. The van der Waals surface area contributed by atoms with E-state index < -0.39 is 0 Å². The molecule has 2 rings (SSSR count). The van der Waals surface area contributed by atoms with E-state index in [2.05, 4.69) is 18.8 Å². The standard InChI is InChI=1S/C14H20ClN3O/c1-14(2,7-8-19-3)9-18-12-10(15)5-4-6-11(12)17-13(18)16/h4-6H,7-9H2,1-3H3,(H2,16,17). The fourth-order valence-corrected chi connectivity index (χ4v) is 2.48. The molecule has 0 unspecified atom stereocenters. The second-order valence-corrected chi connectivity index (χ2v) is 5.98. The number of para-hydroxylation sites is 1. The quantitative estimate of drug-likeness (QED) is 0.914. The molecule has 1 heterocycles. The first-order valence-corrected chi connectivity index (χ1v) is 6.71. The topological polar surface area (TPSA) is 53.1 Å². The van der Waals surface area contributed by atoms with Crippen molar-refractivity contribution in [3.63, 3.8) is 0 Å². The van der Waals surface area contributed by atoms with Crippen molar-refractivity contribution in [3.05, 3.63) is 23.2 Å². The van der Waals surface area contributed by atoms with Gasteiger partial charge in [-0.15, -0.1) is 0 Å². The van der Waals surface area contributed by atoms with E-state index in [9.17, 15) is 0 Å². The van der Waals surface area contributed by atoms with Crippen LogP contribution >= 0.6 is 11.6 Å². The number of halogens is 1. The molecule has 0 radical (unpaired) electrons. The van der Waals surface area contributed by atoms with Gasteiger partial charge in [0.25, 0.3) is 0 Å². The predicted molar refractivity (Wildman–Crippen MR) is 79.4 cm³/mol. The van der Waals surface area contributed by atoms with Gasteiger partial charge in [-0.2, -0.15) is 0 Å². The molecule has 0 amide bonds. The lowest BCUT2D eigenvalue weighted by atomic mass is 9.89. The number of ether oxygens (including phenoxy) is 1. The highest BCUT2D eigenvalue weighted by Crippen LogP contribution is 2.30. The summed E-state index contributed by atoms with van der Waals surface area (Å²) in [7, 11) is 1.72. The van der Waals surface area contributed by atoms with Crippen LogP contribution in [0.1, 0.15) is 20.3 Å². The number of nitrogens with zero attached hydrogens (tertiary/aromatic N) is 2. The van der Waals surface area contributed by atoms with Gasteiger partial charge in [0.1, 0.15) is 0 Å². The fraction of sp³-hybridized carbons (Fsp3) is 0.500. The molecule has 2 aromatic rings. The zero-order valence-electron chi connectivity index (χ0n) is 11.6. The lowest BCUT2D eigenvalue weighted by Crippen LogP contribution is -2.22. The molecule has 0 aliphatic carbocycles. The molecular formula is C14H20ClN3O. The van der Waals surface area contributed by atoms with Crippen molar-refractivity contribution >= 4 is 28.6 Å². The summed E-state index contributed by atoms with van der Waals surface area (Å²) in [5.74, 6) is 0.508. The first-order valence-electron chi connectivity index (χ1n) is 6.34.